The number of nitrogens with zero attached hydrogens (tertiary/aromatic N) is 3. The summed E-state index contributed by atoms with van der Waals surface area (Å²) in [6.07, 6.45) is 5.86. The molecule has 8 nitrogen and oxygen atoms in total. The third-order valence-electron chi connectivity index (χ3n) is 6.05. The highest BCUT2D eigenvalue weighted by molar-refractivity contribution is 6.10. The Hall–Kier alpha value is -3.42. The Balaban J connectivity index is 1.42. The van der Waals surface area contributed by atoms with E-state index in [9.17, 15) is 14.4 Å². The van der Waals surface area contributed by atoms with Gasteiger partial charge < -0.3 is 15.0 Å². The number of imide groups is 1. The van der Waals surface area contributed by atoms with Crippen LogP contribution in [0.1, 0.15) is 37.8 Å². The highest BCUT2D eigenvalue weighted by Gasteiger charge is 2.55. The minimum atomic E-state index is -0.792. The van der Waals surface area contributed by atoms with Crippen LogP contribution in [-0.4, -0.2) is 51.8 Å². The second-order valence-corrected chi connectivity index (χ2v) is 7.98. The lowest BCUT2D eigenvalue weighted by Gasteiger charge is -2.35. The van der Waals surface area contributed by atoms with Gasteiger partial charge in [-0.1, -0.05) is 37.5 Å². The molecule has 1 spiro atoms. The minimum Gasteiger partial charge on any atom is -0.485 e. The molecule has 1 N–H and O–H groups in total. The van der Waals surface area contributed by atoms with Gasteiger partial charge in [-0.25, -0.2) is 4.79 Å². The minimum absolute atomic E-state index is 0.254. The molecule has 1 saturated heterocycles. The molecule has 4 amide bonds. The van der Waals surface area contributed by atoms with E-state index in [0.717, 1.165) is 29.9 Å². The summed E-state index contributed by atoms with van der Waals surface area (Å²) in [7, 11) is 1.66. The lowest BCUT2D eigenvalue weighted by Crippen LogP contribution is -2.49. The molecular weight excluding hydrogens is 396 g/mol. The van der Waals surface area contributed by atoms with Crippen LogP contribution in [0, 0.1) is 0 Å². The van der Waals surface area contributed by atoms with Crippen molar-refractivity contribution in [3.8, 4) is 5.75 Å². The molecule has 0 atom stereocenters. The Labute approximate surface area is 181 Å². The summed E-state index contributed by atoms with van der Waals surface area (Å²) >= 11 is 0. The molecular formula is C23H26N4O4. The van der Waals surface area contributed by atoms with Crippen molar-refractivity contribution in [1.82, 2.24) is 14.8 Å². The van der Waals surface area contributed by atoms with Crippen LogP contribution >= 0.6 is 0 Å². The normalized spacial score (nSPS) is 17.8. The molecule has 2 heterocycles. The van der Waals surface area contributed by atoms with Crippen molar-refractivity contribution < 1.29 is 19.1 Å². The zero-order valence-corrected chi connectivity index (χ0v) is 17.5. The number of ether oxygens (including phenoxy) is 1. The molecule has 8 heteroatoms. The van der Waals surface area contributed by atoms with Crippen LogP contribution in [0.15, 0.2) is 48.7 Å². The Morgan fingerprint density at radius 2 is 1.84 bits per heavy atom. The van der Waals surface area contributed by atoms with Gasteiger partial charge in [0, 0.05) is 13.2 Å². The van der Waals surface area contributed by atoms with Gasteiger partial charge in [-0.15, -0.1) is 0 Å². The molecule has 31 heavy (non-hydrogen) atoms. The largest absolute Gasteiger partial charge is 0.485 e. The second-order valence-electron chi connectivity index (χ2n) is 7.98. The van der Waals surface area contributed by atoms with Crippen LogP contribution in [0.3, 0.4) is 0 Å². The molecule has 2 fully saturated rings. The zero-order chi connectivity index (χ0) is 21.8. The van der Waals surface area contributed by atoms with Gasteiger partial charge in [0.05, 0.1) is 11.4 Å². The Kier molecular flexibility index (Phi) is 5.88. The van der Waals surface area contributed by atoms with Gasteiger partial charge in [0.15, 0.2) is 0 Å². The molecule has 0 unspecified atom stereocenters. The predicted octanol–water partition coefficient (Wildman–Crippen LogP) is 3.20. The van der Waals surface area contributed by atoms with Gasteiger partial charge in [-0.2, -0.15) is 0 Å². The first-order chi connectivity index (χ1) is 15.0. The third-order valence-corrected chi connectivity index (χ3v) is 6.05. The van der Waals surface area contributed by atoms with E-state index >= 15 is 0 Å². The summed E-state index contributed by atoms with van der Waals surface area (Å²) in [5.74, 6) is -0.229. The van der Waals surface area contributed by atoms with Crippen LogP contribution in [0.25, 0.3) is 0 Å². The van der Waals surface area contributed by atoms with E-state index in [0.29, 0.717) is 24.3 Å². The van der Waals surface area contributed by atoms with E-state index in [2.05, 4.69) is 10.3 Å². The number of carbonyl (C=O) groups is 3. The average molecular weight is 422 g/mol. The number of likely N-dealkylation sites (N-methyl/N-ethyl adjacent to an activating group) is 1. The first kappa shape index (κ1) is 20.8. The van der Waals surface area contributed by atoms with Crippen LogP contribution in [0.5, 0.6) is 5.75 Å². The molecule has 0 bridgehead atoms. The van der Waals surface area contributed by atoms with Crippen molar-refractivity contribution in [2.24, 2.45) is 0 Å². The van der Waals surface area contributed by atoms with E-state index in [-0.39, 0.29) is 19.1 Å². The summed E-state index contributed by atoms with van der Waals surface area (Å²) in [5, 5.41) is 2.77. The van der Waals surface area contributed by atoms with Gasteiger partial charge >= 0.3 is 6.03 Å². The smallest absolute Gasteiger partial charge is 0.327 e. The van der Waals surface area contributed by atoms with Gasteiger partial charge in [0.25, 0.3) is 5.91 Å². The standard InChI is InChI=1S/C23H26N4O4/c1-26-22(30)27(21(29)23(26)12-6-2-7-13-23)15-20(28)25-18-10-3-4-11-19(18)31-16-17-9-5-8-14-24-17/h3-5,8-11,14H,2,6-7,12-13,15-16H2,1H3,(H,25,28). The first-order valence-corrected chi connectivity index (χ1v) is 10.5. The molecule has 1 aliphatic carbocycles. The maximum Gasteiger partial charge on any atom is 0.327 e. The summed E-state index contributed by atoms with van der Waals surface area (Å²) in [6, 6.07) is 12.2. The Morgan fingerprint density at radius 1 is 1.10 bits per heavy atom. The van der Waals surface area contributed by atoms with E-state index in [1.165, 1.54) is 4.90 Å². The Morgan fingerprint density at radius 3 is 2.58 bits per heavy atom. The fraction of sp³-hybridized carbons (Fsp3) is 0.391. The lowest BCUT2D eigenvalue weighted by molar-refractivity contribution is -0.136. The average Bonchev–Trinajstić information content (AvgIpc) is 2.96. The number of anilines is 1. The quantitative estimate of drug-likeness (QED) is 0.722. The van der Waals surface area contributed by atoms with Gasteiger partial charge in [0.2, 0.25) is 5.91 Å². The topological polar surface area (TPSA) is 91.8 Å². The number of aromatic nitrogens is 1. The number of carbonyl (C=O) groups excluding carboxylic acids is 3. The summed E-state index contributed by atoms with van der Waals surface area (Å²) < 4.78 is 5.81. The number of benzene rings is 1. The summed E-state index contributed by atoms with van der Waals surface area (Å²) in [5.41, 5.74) is 0.445. The van der Waals surface area contributed by atoms with Gasteiger partial charge in [-0.3, -0.25) is 19.5 Å². The van der Waals surface area contributed by atoms with Crippen molar-refractivity contribution in [2.45, 2.75) is 44.2 Å². The van der Waals surface area contributed by atoms with Crippen molar-refractivity contribution in [2.75, 3.05) is 18.9 Å². The fourth-order valence-corrected chi connectivity index (χ4v) is 4.34. The third kappa shape index (κ3) is 4.10. The zero-order valence-electron chi connectivity index (χ0n) is 17.5. The maximum absolute atomic E-state index is 13.1. The Bertz CT molecular complexity index is 973. The number of pyridine rings is 1. The molecule has 1 aromatic carbocycles. The predicted molar refractivity (Wildman–Crippen MR) is 114 cm³/mol. The summed E-state index contributed by atoms with van der Waals surface area (Å²) in [4.78, 5) is 45.3. The molecule has 1 aromatic heterocycles. The highest BCUT2D eigenvalue weighted by Crippen LogP contribution is 2.39. The maximum atomic E-state index is 13.1. The second kappa shape index (κ2) is 8.75. The van der Waals surface area contributed by atoms with E-state index in [1.807, 2.05) is 18.2 Å². The molecule has 0 radical (unpaired) electrons. The van der Waals surface area contributed by atoms with E-state index in [1.54, 1.807) is 37.5 Å². The number of amides is 4. The van der Waals surface area contributed by atoms with E-state index < -0.39 is 17.5 Å². The van der Waals surface area contributed by atoms with Crippen molar-refractivity contribution >= 4 is 23.5 Å². The molecule has 162 valence electrons. The fourth-order valence-electron chi connectivity index (χ4n) is 4.34. The van der Waals surface area contributed by atoms with Crippen molar-refractivity contribution in [3.63, 3.8) is 0 Å². The molecule has 1 saturated carbocycles. The lowest BCUT2D eigenvalue weighted by atomic mass is 9.81. The molecule has 2 aromatic rings. The molecule has 1 aliphatic heterocycles. The monoisotopic (exact) mass is 422 g/mol. The number of urea groups is 1. The molecule has 2 aliphatic rings. The number of para-hydroxylation sites is 2. The summed E-state index contributed by atoms with van der Waals surface area (Å²) in [6.45, 7) is -0.0670. The SMILES string of the molecule is CN1C(=O)N(CC(=O)Nc2ccccc2OCc2ccccn2)C(=O)C12CCCCC2. The molecule has 4 rings (SSSR count). The van der Waals surface area contributed by atoms with Crippen molar-refractivity contribution in [3.05, 3.63) is 54.4 Å². The van der Waals surface area contributed by atoms with Crippen LogP contribution in [0.2, 0.25) is 0 Å². The van der Waals surface area contributed by atoms with E-state index in [4.69, 9.17) is 4.74 Å². The number of hydrogen-bond acceptors (Lipinski definition) is 5. The number of hydrogen-bond donors (Lipinski definition) is 1. The van der Waals surface area contributed by atoms with Gasteiger partial charge in [-0.05, 0) is 37.1 Å². The number of rotatable bonds is 6. The number of nitrogens with one attached hydrogen (secondary N) is 1. The van der Waals surface area contributed by atoms with Crippen LogP contribution < -0.4 is 10.1 Å². The van der Waals surface area contributed by atoms with Gasteiger partial charge in [0.1, 0.15) is 24.4 Å². The van der Waals surface area contributed by atoms with Crippen LogP contribution in [-0.2, 0) is 16.2 Å². The van der Waals surface area contributed by atoms with Crippen molar-refractivity contribution in [1.29, 1.82) is 0 Å². The highest BCUT2D eigenvalue weighted by atomic mass is 16.5. The first-order valence-electron chi connectivity index (χ1n) is 10.5. The van der Waals surface area contributed by atoms with Crippen LogP contribution in [0.4, 0.5) is 10.5 Å².